The van der Waals surface area contributed by atoms with Crippen molar-refractivity contribution in [3.63, 3.8) is 0 Å². The molecule has 0 saturated carbocycles. The topological polar surface area (TPSA) is 55.2 Å². The van der Waals surface area contributed by atoms with Gasteiger partial charge in [-0.2, -0.15) is 4.31 Å². The molecule has 1 aliphatic heterocycles. The first kappa shape index (κ1) is 10.6. The van der Waals surface area contributed by atoms with Crippen LogP contribution in [0.4, 0.5) is 0 Å². The number of aryl methyl sites for hydroxylation is 1. The van der Waals surface area contributed by atoms with Crippen LogP contribution < -0.4 is 0 Å². The van der Waals surface area contributed by atoms with E-state index in [1.165, 1.54) is 10.6 Å². The lowest BCUT2D eigenvalue weighted by Crippen LogP contribution is -2.28. The Morgan fingerprint density at radius 2 is 2.27 bits per heavy atom. The number of aromatic nitrogens is 2. The van der Waals surface area contributed by atoms with Crippen LogP contribution in [0.1, 0.15) is 13.3 Å². The van der Waals surface area contributed by atoms with Crippen molar-refractivity contribution in [2.45, 2.75) is 18.4 Å². The van der Waals surface area contributed by atoms with E-state index in [-0.39, 0.29) is 5.03 Å². The molecule has 6 heteroatoms. The van der Waals surface area contributed by atoms with E-state index in [2.05, 4.69) is 11.9 Å². The second-order valence-electron chi connectivity index (χ2n) is 4.13. The highest BCUT2D eigenvalue weighted by Crippen LogP contribution is 2.22. The standard InChI is InChI=1S/C9H15N3O2S/c1-8-3-4-12(5-8)15(13,14)9-6-11(2)7-10-9/h6-8H,3-5H2,1-2H3. The van der Waals surface area contributed by atoms with Crippen LogP contribution in [0.15, 0.2) is 17.6 Å². The van der Waals surface area contributed by atoms with Crippen LogP contribution in [-0.2, 0) is 17.1 Å². The molecule has 0 amide bonds. The zero-order valence-corrected chi connectivity index (χ0v) is 9.74. The van der Waals surface area contributed by atoms with Crippen LogP contribution in [0.5, 0.6) is 0 Å². The third-order valence-corrected chi connectivity index (χ3v) is 4.42. The van der Waals surface area contributed by atoms with Crippen molar-refractivity contribution in [1.29, 1.82) is 0 Å². The van der Waals surface area contributed by atoms with E-state index in [0.29, 0.717) is 19.0 Å². The van der Waals surface area contributed by atoms with Gasteiger partial charge in [-0.3, -0.25) is 0 Å². The number of imidazole rings is 1. The second kappa shape index (κ2) is 3.61. The normalized spacial score (nSPS) is 23.5. The zero-order chi connectivity index (χ0) is 11.1. The molecule has 1 aromatic rings. The summed E-state index contributed by atoms with van der Waals surface area (Å²) in [7, 11) is -1.59. The van der Waals surface area contributed by atoms with E-state index >= 15 is 0 Å². The molecule has 0 bridgehead atoms. The average molecular weight is 229 g/mol. The molecule has 0 aliphatic carbocycles. The van der Waals surface area contributed by atoms with Gasteiger partial charge in [0.1, 0.15) is 0 Å². The second-order valence-corrected chi connectivity index (χ2v) is 6.02. The first-order chi connectivity index (χ1) is 7.00. The highest BCUT2D eigenvalue weighted by atomic mass is 32.2. The number of hydrogen-bond donors (Lipinski definition) is 0. The molecule has 1 unspecified atom stereocenters. The fraction of sp³-hybridized carbons (Fsp3) is 0.667. The number of sulfonamides is 1. The van der Waals surface area contributed by atoms with Gasteiger partial charge < -0.3 is 4.57 Å². The van der Waals surface area contributed by atoms with E-state index in [1.54, 1.807) is 17.8 Å². The van der Waals surface area contributed by atoms with E-state index in [4.69, 9.17) is 0 Å². The van der Waals surface area contributed by atoms with Crippen LogP contribution in [-0.4, -0.2) is 35.4 Å². The Kier molecular flexibility index (Phi) is 2.56. The fourth-order valence-corrected chi connectivity index (χ4v) is 3.31. The average Bonchev–Trinajstić information content (AvgIpc) is 2.74. The minimum atomic E-state index is -3.35. The van der Waals surface area contributed by atoms with Crippen molar-refractivity contribution in [2.75, 3.05) is 13.1 Å². The summed E-state index contributed by atoms with van der Waals surface area (Å²) in [6, 6.07) is 0. The Morgan fingerprint density at radius 1 is 1.53 bits per heavy atom. The minimum Gasteiger partial charge on any atom is -0.339 e. The van der Waals surface area contributed by atoms with Gasteiger partial charge in [0.2, 0.25) is 0 Å². The lowest BCUT2D eigenvalue weighted by molar-refractivity contribution is 0.462. The summed E-state index contributed by atoms with van der Waals surface area (Å²) in [6.07, 6.45) is 3.98. The maximum atomic E-state index is 12.0. The number of nitrogens with zero attached hydrogens (tertiary/aromatic N) is 3. The summed E-state index contributed by atoms with van der Waals surface area (Å²) in [6.45, 7) is 3.28. The van der Waals surface area contributed by atoms with E-state index in [9.17, 15) is 8.42 Å². The van der Waals surface area contributed by atoms with Gasteiger partial charge in [-0.1, -0.05) is 6.92 Å². The van der Waals surface area contributed by atoms with Gasteiger partial charge in [0, 0.05) is 26.3 Å². The Morgan fingerprint density at radius 3 is 2.73 bits per heavy atom. The lowest BCUT2D eigenvalue weighted by atomic mass is 10.2. The molecular weight excluding hydrogens is 214 g/mol. The monoisotopic (exact) mass is 229 g/mol. The maximum Gasteiger partial charge on any atom is 0.262 e. The van der Waals surface area contributed by atoms with Crippen LogP contribution >= 0.6 is 0 Å². The molecule has 0 radical (unpaired) electrons. The highest BCUT2D eigenvalue weighted by molar-refractivity contribution is 7.89. The van der Waals surface area contributed by atoms with Gasteiger partial charge in [-0.05, 0) is 12.3 Å². The van der Waals surface area contributed by atoms with Gasteiger partial charge in [-0.15, -0.1) is 0 Å². The Labute approximate surface area is 89.8 Å². The Bertz CT molecular complexity index is 452. The predicted octanol–water partition coefficient (Wildman–Crippen LogP) is 0.451. The van der Waals surface area contributed by atoms with E-state index < -0.39 is 10.0 Å². The molecule has 5 nitrogen and oxygen atoms in total. The Hall–Kier alpha value is -0.880. The van der Waals surface area contributed by atoms with Gasteiger partial charge >= 0.3 is 0 Å². The molecule has 2 rings (SSSR count). The van der Waals surface area contributed by atoms with Crippen LogP contribution in [0.2, 0.25) is 0 Å². The predicted molar refractivity (Wildman–Crippen MR) is 55.7 cm³/mol. The Balaban J connectivity index is 2.27. The fourth-order valence-electron chi connectivity index (χ4n) is 1.77. The summed E-state index contributed by atoms with van der Waals surface area (Å²) in [5.74, 6) is 0.448. The third-order valence-electron chi connectivity index (χ3n) is 2.67. The molecule has 0 aromatic carbocycles. The molecule has 1 aliphatic rings. The van der Waals surface area contributed by atoms with Crippen molar-refractivity contribution >= 4 is 10.0 Å². The molecule has 1 fully saturated rings. The van der Waals surface area contributed by atoms with E-state index in [1.807, 2.05) is 0 Å². The third kappa shape index (κ3) is 1.91. The first-order valence-electron chi connectivity index (χ1n) is 4.98. The van der Waals surface area contributed by atoms with Crippen molar-refractivity contribution in [2.24, 2.45) is 13.0 Å². The van der Waals surface area contributed by atoms with Crippen molar-refractivity contribution in [1.82, 2.24) is 13.9 Å². The van der Waals surface area contributed by atoms with Gasteiger partial charge in [0.25, 0.3) is 10.0 Å². The smallest absolute Gasteiger partial charge is 0.262 e. The van der Waals surface area contributed by atoms with E-state index in [0.717, 1.165) is 6.42 Å². The molecule has 84 valence electrons. The largest absolute Gasteiger partial charge is 0.339 e. The zero-order valence-electron chi connectivity index (χ0n) is 8.92. The van der Waals surface area contributed by atoms with Gasteiger partial charge in [0.15, 0.2) is 5.03 Å². The summed E-state index contributed by atoms with van der Waals surface area (Å²) in [4.78, 5) is 3.89. The van der Waals surface area contributed by atoms with Crippen molar-refractivity contribution in [3.8, 4) is 0 Å². The van der Waals surface area contributed by atoms with Gasteiger partial charge in [0.05, 0.1) is 6.33 Å². The first-order valence-corrected chi connectivity index (χ1v) is 6.42. The molecule has 2 heterocycles. The maximum absolute atomic E-state index is 12.0. The summed E-state index contributed by atoms with van der Waals surface area (Å²) in [5, 5.41) is 0.152. The lowest BCUT2D eigenvalue weighted by Gasteiger charge is -2.13. The summed E-state index contributed by atoms with van der Waals surface area (Å²) in [5.41, 5.74) is 0. The summed E-state index contributed by atoms with van der Waals surface area (Å²) >= 11 is 0. The molecule has 1 atom stereocenters. The molecule has 1 saturated heterocycles. The number of rotatable bonds is 2. The van der Waals surface area contributed by atoms with Crippen LogP contribution in [0.25, 0.3) is 0 Å². The molecule has 15 heavy (non-hydrogen) atoms. The van der Waals surface area contributed by atoms with Crippen LogP contribution in [0, 0.1) is 5.92 Å². The highest BCUT2D eigenvalue weighted by Gasteiger charge is 2.31. The number of hydrogen-bond acceptors (Lipinski definition) is 3. The molecular formula is C9H15N3O2S. The van der Waals surface area contributed by atoms with Crippen LogP contribution in [0.3, 0.4) is 0 Å². The summed E-state index contributed by atoms with van der Waals surface area (Å²) < 4.78 is 27.2. The molecule has 0 N–H and O–H groups in total. The SMILES string of the molecule is CC1CCN(S(=O)(=O)c2cn(C)cn2)C1. The molecule has 0 spiro atoms. The quantitative estimate of drug-likeness (QED) is 0.740. The van der Waals surface area contributed by atoms with Crippen molar-refractivity contribution < 1.29 is 8.42 Å². The van der Waals surface area contributed by atoms with Crippen molar-refractivity contribution in [3.05, 3.63) is 12.5 Å². The minimum absolute atomic E-state index is 0.152. The molecule has 1 aromatic heterocycles. The van der Waals surface area contributed by atoms with Gasteiger partial charge in [-0.25, -0.2) is 13.4 Å².